The average Bonchev–Trinajstić information content (AvgIpc) is 2.69. The molecule has 0 aliphatic heterocycles. The number of anilines is 1. The number of carbonyl (C=O) groups excluding carboxylic acids is 1. The summed E-state index contributed by atoms with van der Waals surface area (Å²) in [6, 6.07) is 8.10. The number of hydrogen-bond donors (Lipinski definition) is 1. The van der Waals surface area contributed by atoms with Crippen LogP contribution in [0.15, 0.2) is 30.5 Å². The van der Waals surface area contributed by atoms with Crippen LogP contribution in [0.4, 0.5) is 5.69 Å². The van der Waals surface area contributed by atoms with Crippen LogP contribution in [0.25, 0.3) is 10.9 Å². The Hall–Kier alpha value is -1.77. The van der Waals surface area contributed by atoms with E-state index < -0.39 is 0 Å². The van der Waals surface area contributed by atoms with E-state index in [9.17, 15) is 4.79 Å². The molecule has 0 unspecified atom stereocenters. The zero-order chi connectivity index (χ0) is 13.3. The van der Waals surface area contributed by atoms with E-state index in [0.717, 1.165) is 17.6 Å². The van der Waals surface area contributed by atoms with Gasteiger partial charge in [0.15, 0.2) is 0 Å². The van der Waals surface area contributed by atoms with Crippen LogP contribution in [0.2, 0.25) is 0 Å². The Morgan fingerprint density at radius 3 is 2.61 bits per heavy atom. The van der Waals surface area contributed by atoms with Crippen molar-refractivity contribution in [3.05, 3.63) is 30.5 Å². The zero-order valence-corrected chi connectivity index (χ0v) is 11.4. The molecule has 18 heavy (non-hydrogen) atoms. The maximum Gasteiger partial charge on any atom is 0.229 e. The third-order valence-electron chi connectivity index (χ3n) is 3.05. The number of hydrogen-bond acceptors (Lipinski definition) is 1. The van der Waals surface area contributed by atoms with Crippen molar-refractivity contribution >= 4 is 22.5 Å². The first kappa shape index (κ1) is 12.7. The Morgan fingerprint density at radius 1 is 1.28 bits per heavy atom. The average molecular weight is 244 g/mol. The molecule has 3 nitrogen and oxygen atoms in total. The van der Waals surface area contributed by atoms with Gasteiger partial charge in [0.25, 0.3) is 0 Å². The Bertz CT molecular complexity index is 576. The highest BCUT2D eigenvalue weighted by molar-refractivity contribution is 5.96. The molecule has 0 aliphatic rings. The van der Waals surface area contributed by atoms with E-state index in [2.05, 4.69) is 35.1 Å². The second kappa shape index (κ2) is 4.48. The molecule has 0 saturated carbocycles. The number of rotatable bonds is 2. The first-order valence-corrected chi connectivity index (χ1v) is 6.32. The van der Waals surface area contributed by atoms with Gasteiger partial charge >= 0.3 is 0 Å². The van der Waals surface area contributed by atoms with Crippen molar-refractivity contribution in [2.24, 2.45) is 5.41 Å². The summed E-state index contributed by atoms with van der Waals surface area (Å²) in [5.74, 6) is 0.0387. The van der Waals surface area contributed by atoms with Crippen LogP contribution >= 0.6 is 0 Å². The van der Waals surface area contributed by atoms with Crippen molar-refractivity contribution in [2.75, 3.05) is 5.32 Å². The maximum absolute atomic E-state index is 11.9. The van der Waals surface area contributed by atoms with Gasteiger partial charge in [-0.2, -0.15) is 0 Å². The van der Waals surface area contributed by atoms with E-state index in [1.54, 1.807) is 0 Å². The van der Waals surface area contributed by atoms with E-state index >= 15 is 0 Å². The molecule has 1 heterocycles. The number of nitrogens with one attached hydrogen (secondary N) is 1. The minimum Gasteiger partial charge on any atom is -0.348 e. The van der Waals surface area contributed by atoms with Crippen LogP contribution in [0.3, 0.4) is 0 Å². The van der Waals surface area contributed by atoms with E-state index in [1.807, 2.05) is 32.9 Å². The SMILES string of the molecule is CCn1ccc2cc(NC(=O)C(C)(C)C)ccc21. The number of carbonyl (C=O) groups is 1. The lowest BCUT2D eigenvalue weighted by Gasteiger charge is -2.17. The summed E-state index contributed by atoms with van der Waals surface area (Å²) >= 11 is 0. The Kier molecular flexibility index (Phi) is 3.16. The van der Waals surface area contributed by atoms with Crippen LogP contribution in [-0.4, -0.2) is 10.5 Å². The molecule has 96 valence electrons. The van der Waals surface area contributed by atoms with Gasteiger partial charge in [0.2, 0.25) is 5.91 Å². The van der Waals surface area contributed by atoms with Gasteiger partial charge in [-0.3, -0.25) is 4.79 Å². The lowest BCUT2D eigenvalue weighted by Crippen LogP contribution is -2.27. The van der Waals surface area contributed by atoms with Crippen molar-refractivity contribution in [1.82, 2.24) is 4.57 Å². The molecule has 2 rings (SSSR count). The summed E-state index contributed by atoms with van der Waals surface area (Å²) in [6.07, 6.45) is 2.07. The molecular weight excluding hydrogens is 224 g/mol. The Balaban J connectivity index is 2.29. The van der Waals surface area contributed by atoms with Gasteiger partial charge in [0.05, 0.1) is 0 Å². The number of nitrogens with zero attached hydrogens (tertiary/aromatic N) is 1. The molecule has 1 amide bonds. The van der Waals surface area contributed by atoms with Crippen LogP contribution in [0.5, 0.6) is 0 Å². The highest BCUT2D eigenvalue weighted by atomic mass is 16.2. The Labute approximate surface area is 108 Å². The molecule has 0 radical (unpaired) electrons. The number of aryl methyl sites for hydroxylation is 1. The molecule has 0 bridgehead atoms. The molecule has 2 aromatic rings. The topological polar surface area (TPSA) is 34.0 Å². The maximum atomic E-state index is 11.9. The smallest absolute Gasteiger partial charge is 0.229 e. The predicted molar refractivity (Wildman–Crippen MR) is 75.7 cm³/mol. The normalized spacial score (nSPS) is 11.8. The van der Waals surface area contributed by atoms with Gasteiger partial charge in [0.1, 0.15) is 0 Å². The van der Waals surface area contributed by atoms with Crippen LogP contribution in [-0.2, 0) is 11.3 Å². The number of amides is 1. The van der Waals surface area contributed by atoms with Crippen molar-refractivity contribution < 1.29 is 4.79 Å². The summed E-state index contributed by atoms with van der Waals surface area (Å²) in [5.41, 5.74) is 1.69. The fourth-order valence-corrected chi connectivity index (χ4v) is 1.87. The predicted octanol–water partition coefficient (Wildman–Crippen LogP) is 3.65. The van der Waals surface area contributed by atoms with E-state index in [1.165, 1.54) is 5.52 Å². The van der Waals surface area contributed by atoms with Gasteiger partial charge in [0, 0.05) is 34.7 Å². The van der Waals surface area contributed by atoms with E-state index in [-0.39, 0.29) is 11.3 Å². The fourth-order valence-electron chi connectivity index (χ4n) is 1.87. The van der Waals surface area contributed by atoms with Gasteiger partial charge in [-0.15, -0.1) is 0 Å². The second-order valence-corrected chi connectivity index (χ2v) is 5.58. The van der Waals surface area contributed by atoms with E-state index in [0.29, 0.717) is 0 Å². The molecule has 0 aliphatic carbocycles. The van der Waals surface area contributed by atoms with Gasteiger partial charge < -0.3 is 9.88 Å². The quantitative estimate of drug-likeness (QED) is 0.859. The lowest BCUT2D eigenvalue weighted by molar-refractivity contribution is -0.123. The largest absolute Gasteiger partial charge is 0.348 e. The Morgan fingerprint density at radius 2 is 2.00 bits per heavy atom. The first-order chi connectivity index (χ1) is 8.41. The zero-order valence-electron chi connectivity index (χ0n) is 11.4. The minimum absolute atomic E-state index is 0.0387. The van der Waals surface area contributed by atoms with Crippen molar-refractivity contribution in [1.29, 1.82) is 0 Å². The number of fused-ring (bicyclic) bond motifs is 1. The monoisotopic (exact) mass is 244 g/mol. The van der Waals surface area contributed by atoms with Crippen LogP contribution in [0, 0.1) is 5.41 Å². The number of benzene rings is 1. The van der Waals surface area contributed by atoms with Crippen LogP contribution < -0.4 is 5.32 Å². The minimum atomic E-state index is -0.371. The molecule has 1 N–H and O–H groups in total. The molecule has 0 atom stereocenters. The summed E-state index contributed by atoms with van der Waals surface area (Å²) < 4.78 is 2.19. The third kappa shape index (κ3) is 2.40. The number of aromatic nitrogens is 1. The van der Waals surface area contributed by atoms with Crippen molar-refractivity contribution in [3.8, 4) is 0 Å². The molecule has 0 fully saturated rings. The molecular formula is C15H20N2O. The fraction of sp³-hybridized carbons (Fsp3) is 0.400. The lowest BCUT2D eigenvalue weighted by atomic mass is 9.95. The van der Waals surface area contributed by atoms with Crippen molar-refractivity contribution in [2.45, 2.75) is 34.2 Å². The molecule has 1 aromatic carbocycles. The summed E-state index contributed by atoms with van der Waals surface area (Å²) in [7, 11) is 0. The van der Waals surface area contributed by atoms with Crippen molar-refractivity contribution in [3.63, 3.8) is 0 Å². The second-order valence-electron chi connectivity index (χ2n) is 5.58. The highest BCUT2D eigenvalue weighted by Crippen LogP contribution is 2.22. The van der Waals surface area contributed by atoms with Gasteiger partial charge in [-0.05, 0) is 31.2 Å². The molecule has 0 saturated heterocycles. The highest BCUT2D eigenvalue weighted by Gasteiger charge is 2.21. The summed E-state index contributed by atoms with van der Waals surface area (Å²) in [4.78, 5) is 11.9. The summed E-state index contributed by atoms with van der Waals surface area (Å²) in [6.45, 7) is 8.81. The van der Waals surface area contributed by atoms with Gasteiger partial charge in [-0.25, -0.2) is 0 Å². The first-order valence-electron chi connectivity index (χ1n) is 6.32. The van der Waals surface area contributed by atoms with E-state index in [4.69, 9.17) is 0 Å². The van der Waals surface area contributed by atoms with Gasteiger partial charge in [-0.1, -0.05) is 20.8 Å². The molecule has 0 spiro atoms. The molecule has 3 heteroatoms. The summed E-state index contributed by atoms with van der Waals surface area (Å²) in [5, 5.41) is 4.11. The molecule has 1 aromatic heterocycles. The van der Waals surface area contributed by atoms with Crippen LogP contribution in [0.1, 0.15) is 27.7 Å². The standard InChI is InChI=1S/C15H20N2O/c1-5-17-9-8-11-10-12(6-7-13(11)17)16-14(18)15(2,3)4/h6-10H,5H2,1-4H3,(H,16,18). The third-order valence-corrected chi connectivity index (χ3v) is 3.05.